The Morgan fingerprint density at radius 2 is 1.15 bits per heavy atom. The van der Waals surface area contributed by atoms with Crippen molar-refractivity contribution < 1.29 is 72.6 Å². The summed E-state index contributed by atoms with van der Waals surface area (Å²) in [5.74, 6) is -0.234. The van der Waals surface area contributed by atoms with E-state index in [1.165, 1.54) is 38.5 Å². The second kappa shape index (κ2) is 31.4. The molecule has 0 saturated heterocycles. The van der Waals surface area contributed by atoms with Gasteiger partial charge < -0.3 is 33.5 Å². The third kappa shape index (κ3) is 33.3. The first-order valence-electron chi connectivity index (χ1n) is 9.05. The van der Waals surface area contributed by atoms with E-state index < -0.39 is 0 Å². The van der Waals surface area contributed by atoms with Gasteiger partial charge in [0.15, 0.2) is 6.07 Å². The van der Waals surface area contributed by atoms with E-state index in [0.717, 1.165) is 25.7 Å². The van der Waals surface area contributed by atoms with Crippen molar-refractivity contribution in [2.45, 2.75) is 90.9 Å². The average molecular weight is 627 g/mol. The standard InChI is InChI=1S/C9H17ClO2.C9H17IO2.HI.Na/c2*1-2-3-4-5-6-7-9(11)12-8-10;;/h2*2-8H2,1H3;1H;/q;;;+1/p-1. The van der Waals surface area contributed by atoms with Crippen molar-refractivity contribution in [1.29, 1.82) is 0 Å². The van der Waals surface area contributed by atoms with Crippen LogP contribution in [0, 0.1) is 0 Å². The maximum absolute atomic E-state index is 10.8. The fourth-order valence-corrected chi connectivity index (χ4v) is 2.48. The molecule has 0 fully saturated rings. The molecule has 0 spiro atoms. The summed E-state index contributed by atoms with van der Waals surface area (Å²) in [6.45, 7) is 4.35. The van der Waals surface area contributed by atoms with Crippen LogP contribution in [0.3, 0.4) is 0 Å². The topological polar surface area (TPSA) is 52.6 Å². The molecule has 0 aromatic rings. The Labute approximate surface area is 218 Å². The third-order valence-corrected chi connectivity index (χ3v) is 3.82. The van der Waals surface area contributed by atoms with Gasteiger partial charge >= 0.3 is 41.5 Å². The van der Waals surface area contributed by atoms with Crippen LogP contribution in [0.1, 0.15) is 90.9 Å². The van der Waals surface area contributed by atoms with Crippen LogP contribution in [0.15, 0.2) is 0 Å². The summed E-state index contributed by atoms with van der Waals surface area (Å²) in [7, 11) is 0. The van der Waals surface area contributed by atoms with Gasteiger partial charge in [0.1, 0.15) is 4.61 Å². The largest absolute Gasteiger partial charge is 1.00 e. The molecule has 26 heavy (non-hydrogen) atoms. The average Bonchev–Trinajstić information content (AvgIpc) is 2.56. The fourth-order valence-electron chi connectivity index (χ4n) is 2.01. The Hall–Kier alpha value is 1.69. The smallest absolute Gasteiger partial charge is 1.00 e. The molecule has 0 atom stereocenters. The van der Waals surface area contributed by atoms with E-state index in [0.29, 0.717) is 17.5 Å². The molecular formula is C18H34ClI2NaO4. The van der Waals surface area contributed by atoms with Crippen molar-refractivity contribution in [3.05, 3.63) is 0 Å². The number of halogens is 3. The van der Waals surface area contributed by atoms with Crippen LogP contribution in [-0.2, 0) is 19.1 Å². The van der Waals surface area contributed by atoms with Crippen molar-refractivity contribution in [2.75, 3.05) is 10.7 Å². The monoisotopic (exact) mass is 626 g/mol. The van der Waals surface area contributed by atoms with Crippen molar-refractivity contribution in [1.82, 2.24) is 0 Å². The molecule has 0 heterocycles. The van der Waals surface area contributed by atoms with Crippen molar-refractivity contribution >= 4 is 46.1 Å². The van der Waals surface area contributed by atoms with E-state index in [4.69, 9.17) is 16.3 Å². The van der Waals surface area contributed by atoms with Crippen molar-refractivity contribution in [2.24, 2.45) is 0 Å². The maximum Gasteiger partial charge on any atom is 1.00 e. The molecule has 0 aliphatic carbocycles. The second-order valence-corrected chi connectivity index (χ2v) is 6.42. The number of hydrogen-bond donors (Lipinski definition) is 0. The van der Waals surface area contributed by atoms with E-state index >= 15 is 0 Å². The number of hydrogen-bond acceptors (Lipinski definition) is 4. The van der Waals surface area contributed by atoms with Crippen LogP contribution >= 0.6 is 34.2 Å². The van der Waals surface area contributed by atoms with Gasteiger partial charge in [0.25, 0.3) is 0 Å². The molecule has 0 aromatic heterocycles. The maximum atomic E-state index is 10.8. The number of esters is 2. The molecular weight excluding hydrogens is 592 g/mol. The van der Waals surface area contributed by atoms with Crippen LogP contribution < -0.4 is 53.5 Å². The molecule has 0 saturated carbocycles. The number of alkyl halides is 2. The molecule has 0 rings (SSSR count). The molecule has 0 aromatic carbocycles. The Morgan fingerprint density at radius 1 is 0.769 bits per heavy atom. The van der Waals surface area contributed by atoms with Crippen molar-refractivity contribution in [3.63, 3.8) is 0 Å². The summed E-state index contributed by atoms with van der Waals surface area (Å²) in [5.41, 5.74) is 0. The van der Waals surface area contributed by atoms with Crippen molar-refractivity contribution in [3.8, 4) is 0 Å². The SMILES string of the molecule is CCCCCCCC(=O)OCCl.CCCCCCCC(=O)OCI.[I-].[Na+]. The van der Waals surface area contributed by atoms with Gasteiger partial charge in [-0.1, -0.05) is 76.8 Å². The Kier molecular flexibility index (Phi) is 42.4. The van der Waals surface area contributed by atoms with Gasteiger partial charge in [-0.2, -0.15) is 0 Å². The molecule has 0 aliphatic rings. The predicted molar refractivity (Wildman–Crippen MR) is 109 cm³/mol. The first-order valence-corrected chi connectivity index (χ1v) is 11.1. The normalized spacial score (nSPS) is 9.08. The molecule has 0 N–H and O–H groups in total. The minimum absolute atomic E-state index is 0. The van der Waals surface area contributed by atoms with Gasteiger partial charge in [-0.15, -0.1) is 0 Å². The van der Waals surface area contributed by atoms with Gasteiger partial charge in [0, 0.05) is 12.8 Å². The summed E-state index contributed by atoms with van der Waals surface area (Å²) in [6.07, 6.45) is 12.7. The van der Waals surface area contributed by atoms with E-state index in [1.54, 1.807) is 0 Å². The Bertz CT molecular complexity index is 270. The fraction of sp³-hybridized carbons (Fsp3) is 0.889. The predicted octanol–water partition coefficient (Wildman–Crippen LogP) is 0.377. The summed E-state index contributed by atoms with van der Waals surface area (Å²) >= 11 is 7.25. The van der Waals surface area contributed by atoms with E-state index in [1.807, 2.05) is 22.6 Å². The minimum atomic E-state index is -0.179. The molecule has 0 unspecified atom stereocenters. The molecule has 152 valence electrons. The Balaban J connectivity index is -0.000000173. The molecule has 4 nitrogen and oxygen atoms in total. The quantitative estimate of drug-likeness (QED) is 0.0921. The number of carbonyl (C=O) groups is 2. The summed E-state index contributed by atoms with van der Waals surface area (Å²) < 4.78 is 9.85. The zero-order valence-electron chi connectivity index (χ0n) is 16.7. The number of unbranched alkanes of at least 4 members (excludes halogenated alkanes) is 8. The number of carbonyl (C=O) groups excluding carboxylic acids is 2. The van der Waals surface area contributed by atoms with Gasteiger partial charge in [0.05, 0.1) is 0 Å². The second-order valence-electron chi connectivity index (χ2n) is 5.58. The first kappa shape index (κ1) is 35.1. The zero-order valence-corrected chi connectivity index (χ0v) is 23.7. The zero-order chi connectivity index (χ0) is 18.5. The van der Waals surface area contributed by atoms with E-state index in [-0.39, 0.29) is 71.5 Å². The number of rotatable bonds is 14. The van der Waals surface area contributed by atoms with Crippen LogP contribution in [-0.4, -0.2) is 22.6 Å². The van der Waals surface area contributed by atoms with Crippen LogP contribution in [0.25, 0.3) is 0 Å². The van der Waals surface area contributed by atoms with Gasteiger partial charge in [-0.05, 0) is 35.4 Å². The van der Waals surface area contributed by atoms with Crippen LogP contribution in [0.2, 0.25) is 0 Å². The van der Waals surface area contributed by atoms with E-state index in [2.05, 4.69) is 18.6 Å². The van der Waals surface area contributed by atoms with E-state index in [9.17, 15) is 9.59 Å². The van der Waals surface area contributed by atoms with Crippen LogP contribution in [0.5, 0.6) is 0 Å². The summed E-state index contributed by atoms with van der Waals surface area (Å²) in [5, 5.41) is 0. The molecule has 0 aliphatic heterocycles. The van der Waals surface area contributed by atoms with Crippen LogP contribution in [0.4, 0.5) is 0 Å². The molecule has 0 bridgehead atoms. The molecule has 8 heteroatoms. The first-order chi connectivity index (χ1) is 11.6. The van der Waals surface area contributed by atoms with Gasteiger partial charge in [-0.25, -0.2) is 0 Å². The molecule has 0 radical (unpaired) electrons. The summed E-state index contributed by atoms with van der Waals surface area (Å²) in [6, 6.07) is -0.0200. The summed E-state index contributed by atoms with van der Waals surface area (Å²) in [4.78, 5) is 21.6. The molecule has 0 amide bonds. The Morgan fingerprint density at radius 3 is 1.50 bits per heavy atom. The van der Waals surface area contributed by atoms with Gasteiger partial charge in [-0.3, -0.25) is 9.59 Å². The minimum Gasteiger partial charge on any atom is -1.00 e. The third-order valence-electron chi connectivity index (χ3n) is 3.40. The van der Waals surface area contributed by atoms with Gasteiger partial charge in [0.2, 0.25) is 0 Å². The number of ether oxygens (including phenoxy) is 2.